The molecule has 20 heavy (non-hydrogen) atoms. The van der Waals surface area contributed by atoms with E-state index in [1.165, 1.54) is 6.07 Å². The van der Waals surface area contributed by atoms with E-state index in [4.69, 9.17) is 16.0 Å². The molecule has 108 valence electrons. The molecule has 2 aromatic rings. The number of hydrogen-bond donors (Lipinski definition) is 1. The smallest absolute Gasteiger partial charge is 0.127 e. The molecule has 0 saturated heterocycles. The summed E-state index contributed by atoms with van der Waals surface area (Å²) in [5.74, 6) is 1.35. The van der Waals surface area contributed by atoms with Gasteiger partial charge in [-0.3, -0.25) is 0 Å². The molecule has 0 fully saturated rings. The van der Waals surface area contributed by atoms with Gasteiger partial charge in [0.15, 0.2) is 0 Å². The summed E-state index contributed by atoms with van der Waals surface area (Å²) in [6.45, 7) is 6.56. The molecule has 2 nitrogen and oxygen atoms in total. The second-order valence-corrected chi connectivity index (χ2v) is 5.37. The van der Waals surface area contributed by atoms with Crippen molar-refractivity contribution in [1.29, 1.82) is 0 Å². The Bertz CT molecular complexity index is 594. The van der Waals surface area contributed by atoms with Crippen molar-refractivity contribution < 1.29 is 8.81 Å². The lowest BCUT2D eigenvalue weighted by molar-refractivity contribution is 0.430. The molecule has 1 aromatic heterocycles. The molecule has 0 aliphatic carbocycles. The van der Waals surface area contributed by atoms with Crippen molar-refractivity contribution in [2.45, 2.75) is 33.2 Å². The Balaban J connectivity index is 2.43. The van der Waals surface area contributed by atoms with Crippen molar-refractivity contribution in [3.05, 3.63) is 57.8 Å². The van der Waals surface area contributed by atoms with Crippen LogP contribution >= 0.6 is 11.6 Å². The SMILES string of the molecule is CCCNC(c1ccc(C)o1)c1cc(C)c(F)cc1Cl. The summed E-state index contributed by atoms with van der Waals surface area (Å²) in [6.07, 6.45) is 0.994. The topological polar surface area (TPSA) is 25.2 Å². The third kappa shape index (κ3) is 3.22. The van der Waals surface area contributed by atoms with Gasteiger partial charge in [-0.05, 0) is 62.2 Å². The molecule has 0 saturated carbocycles. The molecule has 2 rings (SSSR count). The number of rotatable bonds is 5. The monoisotopic (exact) mass is 295 g/mol. The fourth-order valence-corrected chi connectivity index (χ4v) is 2.42. The quantitative estimate of drug-likeness (QED) is 0.859. The zero-order valence-corrected chi connectivity index (χ0v) is 12.7. The van der Waals surface area contributed by atoms with Gasteiger partial charge < -0.3 is 9.73 Å². The fourth-order valence-electron chi connectivity index (χ4n) is 2.16. The lowest BCUT2D eigenvalue weighted by Crippen LogP contribution is -2.23. The zero-order chi connectivity index (χ0) is 14.7. The number of hydrogen-bond acceptors (Lipinski definition) is 2. The van der Waals surface area contributed by atoms with E-state index in [1.807, 2.05) is 19.1 Å². The standard InChI is InChI=1S/C16H19ClFNO/c1-4-7-19-16(15-6-5-11(3)20-15)12-8-10(2)14(18)9-13(12)17/h5-6,8-9,16,19H,4,7H2,1-3H3. The van der Waals surface area contributed by atoms with E-state index in [0.717, 1.165) is 30.0 Å². The summed E-state index contributed by atoms with van der Waals surface area (Å²) >= 11 is 6.21. The zero-order valence-electron chi connectivity index (χ0n) is 12.0. The Hall–Kier alpha value is -1.32. The van der Waals surface area contributed by atoms with Gasteiger partial charge in [0, 0.05) is 5.02 Å². The molecule has 1 heterocycles. The van der Waals surface area contributed by atoms with Crippen LogP contribution in [0.5, 0.6) is 0 Å². The first-order valence-electron chi connectivity index (χ1n) is 6.78. The highest BCUT2D eigenvalue weighted by Gasteiger charge is 2.20. The van der Waals surface area contributed by atoms with Crippen LogP contribution in [0.1, 0.15) is 42.0 Å². The van der Waals surface area contributed by atoms with Crippen LogP contribution in [-0.4, -0.2) is 6.54 Å². The second kappa shape index (κ2) is 6.42. The highest BCUT2D eigenvalue weighted by Crippen LogP contribution is 2.31. The molecule has 4 heteroatoms. The Labute approximate surface area is 123 Å². The van der Waals surface area contributed by atoms with Crippen molar-refractivity contribution >= 4 is 11.6 Å². The highest BCUT2D eigenvalue weighted by atomic mass is 35.5. The predicted octanol–water partition coefficient (Wildman–Crippen LogP) is 4.78. The van der Waals surface area contributed by atoms with Crippen molar-refractivity contribution in [2.75, 3.05) is 6.54 Å². The number of benzene rings is 1. The lowest BCUT2D eigenvalue weighted by Gasteiger charge is -2.19. The molecule has 0 aliphatic rings. The normalized spacial score (nSPS) is 12.7. The minimum atomic E-state index is -0.288. The van der Waals surface area contributed by atoms with E-state index in [0.29, 0.717) is 10.6 Å². The Morgan fingerprint density at radius 2 is 2.05 bits per heavy atom. The van der Waals surface area contributed by atoms with Gasteiger partial charge in [-0.1, -0.05) is 18.5 Å². The molecule has 0 aliphatic heterocycles. The molecular formula is C16H19ClFNO. The second-order valence-electron chi connectivity index (χ2n) is 4.96. The van der Waals surface area contributed by atoms with Gasteiger partial charge in [-0.25, -0.2) is 4.39 Å². The van der Waals surface area contributed by atoms with Crippen LogP contribution in [0, 0.1) is 19.7 Å². The number of halogens is 2. The van der Waals surface area contributed by atoms with Crippen LogP contribution in [0.3, 0.4) is 0 Å². The molecule has 1 aromatic carbocycles. The first-order chi connectivity index (χ1) is 9.52. The van der Waals surface area contributed by atoms with E-state index in [-0.39, 0.29) is 11.9 Å². The van der Waals surface area contributed by atoms with E-state index in [1.54, 1.807) is 13.0 Å². The van der Waals surface area contributed by atoms with E-state index in [2.05, 4.69) is 12.2 Å². The average Bonchev–Trinajstić information content (AvgIpc) is 2.82. The van der Waals surface area contributed by atoms with Gasteiger partial charge in [0.2, 0.25) is 0 Å². The largest absolute Gasteiger partial charge is 0.464 e. The van der Waals surface area contributed by atoms with Crippen LogP contribution in [-0.2, 0) is 0 Å². The molecule has 1 unspecified atom stereocenters. The average molecular weight is 296 g/mol. The van der Waals surface area contributed by atoms with Crippen molar-refractivity contribution in [2.24, 2.45) is 0 Å². The summed E-state index contributed by atoms with van der Waals surface area (Å²) in [6, 6.07) is 6.83. The van der Waals surface area contributed by atoms with Crippen LogP contribution in [0.4, 0.5) is 4.39 Å². The predicted molar refractivity (Wildman–Crippen MR) is 79.7 cm³/mol. The van der Waals surface area contributed by atoms with E-state index >= 15 is 0 Å². The third-order valence-corrected chi connectivity index (χ3v) is 3.56. The van der Waals surface area contributed by atoms with Crippen LogP contribution in [0.15, 0.2) is 28.7 Å². The number of nitrogens with one attached hydrogen (secondary N) is 1. The Kier molecular flexibility index (Phi) is 4.84. The van der Waals surface area contributed by atoms with Crippen LogP contribution in [0.25, 0.3) is 0 Å². The number of aryl methyl sites for hydroxylation is 2. The van der Waals surface area contributed by atoms with Gasteiger partial charge >= 0.3 is 0 Å². The minimum absolute atomic E-state index is 0.157. The van der Waals surface area contributed by atoms with E-state index < -0.39 is 0 Å². The van der Waals surface area contributed by atoms with Crippen molar-refractivity contribution in [3.8, 4) is 0 Å². The molecule has 0 spiro atoms. The molecule has 0 radical (unpaired) electrons. The fraction of sp³-hybridized carbons (Fsp3) is 0.375. The maximum atomic E-state index is 13.6. The number of furan rings is 1. The molecule has 0 bridgehead atoms. The maximum absolute atomic E-state index is 13.6. The molecular weight excluding hydrogens is 277 g/mol. The lowest BCUT2D eigenvalue weighted by atomic mass is 10.0. The van der Waals surface area contributed by atoms with Gasteiger partial charge in [0.25, 0.3) is 0 Å². The molecule has 1 N–H and O–H groups in total. The Morgan fingerprint density at radius 3 is 2.65 bits per heavy atom. The molecule has 1 atom stereocenters. The van der Waals surface area contributed by atoms with Crippen LogP contribution < -0.4 is 5.32 Å². The highest BCUT2D eigenvalue weighted by molar-refractivity contribution is 6.31. The first kappa shape index (κ1) is 15.1. The van der Waals surface area contributed by atoms with Crippen molar-refractivity contribution in [1.82, 2.24) is 5.32 Å². The summed E-state index contributed by atoms with van der Waals surface area (Å²) < 4.78 is 19.3. The molecule has 0 amide bonds. The maximum Gasteiger partial charge on any atom is 0.127 e. The Morgan fingerprint density at radius 1 is 1.30 bits per heavy atom. The van der Waals surface area contributed by atoms with Gasteiger partial charge in [-0.2, -0.15) is 0 Å². The summed E-state index contributed by atoms with van der Waals surface area (Å²) in [4.78, 5) is 0. The summed E-state index contributed by atoms with van der Waals surface area (Å²) in [5.41, 5.74) is 1.42. The minimum Gasteiger partial charge on any atom is -0.464 e. The summed E-state index contributed by atoms with van der Waals surface area (Å²) in [5, 5.41) is 3.81. The van der Waals surface area contributed by atoms with Gasteiger partial charge in [0.1, 0.15) is 17.3 Å². The summed E-state index contributed by atoms with van der Waals surface area (Å²) in [7, 11) is 0. The van der Waals surface area contributed by atoms with Crippen LogP contribution in [0.2, 0.25) is 5.02 Å². The third-order valence-electron chi connectivity index (χ3n) is 3.23. The van der Waals surface area contributed by atoms with Crippen molar-refractivity contribution in [3.63, 3.8) is 0 Å². The first-order valence-corrected chi connectivity index (χ1v) is 7.16. The van der Waals surface area contributed by atoms with Gasteiger partial charge in [-0.15, -0.1) is 0 Å². The van der Waals surface area contributed by atoms with Gasteiger partial charge in [0.05, 0.1) is 6.04 Å². The van der Waals surface area contributed by atoms with E-state index in [9.17, 15) is 4.39 Å².